The van der Waals surface area contributed by atoms with Crippen LogP contribution in [0.1, 0.15) is 38.5 Å². The molecule has 2 bridgehead atoms. The Morgan fingerprint density at radius 3 is 2.50 bits per heavy atom. The molecule has 1 aliphatic carbocycles. The lowest BCUT2D eigenvalue weighted by molar-refractivity contribution is -0.130. The van der Waals surface area contributed by atoms with E-state index in [9.17, 15) is 13.2 Å². The zero-order chi connectivity index (χ0) is 18.1. The topological polar surface area (TPSA) is 57.7 Å². The predicted octanol–water partition coefficient (Wildman–Crippen LogP) is 2.33. The van der Waals surface area contributed by atoms with E-state index in [1.807, 2.05) is 6.07 Å². The highest BCUT2D eigenvalue weighted by molar-refractivity contribution is 7.91. The normalized spacial score (nSPS) is 29.9. The lowest BCUT2D eigenvalue weighted by Crippen LogP contribution is -2.41. The van der Waals surface area contributed by atoms with Crippen molar-refractivity contribution in [3.8, 4) is 0 Å². The largest absolute Gasteiger partial charge is 0.342 e. The Labute approximate surface area is 156 Å². The number of hydrogen-bond acceptors (Lipinski definition) is 4. The number of hydrogen-bond donors (Lipinski definition) is 0. The molecule has 2 saturated heterocycles. The SMILES string of the molecule is O=C1CCC(N2CC3CCC2C3)CCN1CCS(=O)(=O)c1ccccc1. The van der Waals surface area contributed by atoms with Gasteiger partial charge < -0.3 is 4.90 Å². The van der Waals surface area contributed by atoms with Gasteiger partial charge in [-0.1, -0.05) is 18.2 Å². The number of piperidine rings is 1. The molecule has 0 radical (unpaired) electrons. The number of nitrogens with zero attached hydrogens (tertiary/aromatic N) is 2. The van der Waals surface area contributed by atoms with Crippen molar-refractivity contribution in [2.24, 2.45) is 5.92 Å². The van der Waals surface area contributed by atoms with Crippen LogP contribution >= 0.6 is 0 Å². The van der Waals surface area contributed by atoms with E-state index >= 15 is 0 Å². The number of rotatable bonds is 5. The van der Waals surface area contributed by atoms with Crippen LogP contribution in [0.25, 0.3) is 0 Å². The van der Waals surface area contributed by atoms with E-state index in [2.05, 4.69) is 4.90 Å². The molecular weight excluding hydrogens is 348 g/mol. The molecule has 0 N–H and O–H groups in total. The number of carbonyl (C=O) groups is 1. The molecule has 1 aromatic carbocycles. The Morgan fingerprint density at radius 2 is 1.81 bits per heavy atom. The van der Waals surface area contributed by atoms with E-state index in [-0.39, 0.29) is 11.7 Å². The van der Waals surface area contributed by atoms with Gasteiger partial charge in [0, 0.05) is 38.1 Å². The van der Waals surface area contributed by atoms with Gasteiger partial charge in [0.2, 0.25) is 5.91 Å². The van der Waals surface area contributed by atoms with Crippen molar-refractivity contribution < 1.29 is 13.2 Å². The summed E-state index contributed by atoms with van der Waals surface area (Å²) in [6.07, 6.45) is 6.46. The van der Waals surface area contributed by atoms with Gasteiger partial charge >= 0.3 is 0 Å². The summed E-state index contributed by atoms with van der Waals surface area (Å²) in [5.74, 6) is 0.980. The molecule has 1 aromatic rings. The number of amides is 1. The molecule has 0 spiro atoms. The first-order valence-corrected chi connectivity index (χ1v) is 11.5. The standard InChI is InChI=1S/C20H28N2O3S/c23-20-9-8-17(22-15-16-6-7-18(22)14-16)10-11-21(20)12-13-26(24,25)19-4-2-1-3-5-19/h1-5,16-18H,6-15H2. The van der Waals surface area contributed by atoms with Gasteiger partial charge in [0.15, 0.2) is 9.84 Å². The van der Waals surface area contributed by atoms with Gasteiger partial charge in [-0.15, -0.1) is 0 Å². The van der Waals surface area contributed by atoms with Crippen LogP contribution in [0.2, 0.25) is 0 Å². The summed E-state index contributed by atoms with van der Waals surface area (Å²) in [5, 5.41) is 0. The number of carbonyl (C=O) groups excluding carboxylic acids is 1. The van der Waals surface area contributed by atoms with E-state index in [1.165, 1.54) is 25.8 Å². The second-order valence-electron chi connectivity index (χ2n) is 8.02. The summed E-state index contributed by atoms with van der Waals surface area (Å²) >= 11 is 0. The second kappa shape index (κ2) is 7.31. The van der Waals surface area contributed by atoms with Gasteiger partial charge in [0.1, 0.15) is 0 Å². The van der Waals surface area contributed by atoms with Crippen molar-refractivity contribution in [2.45, 2.75) is 55.5 Å². The van der Waals surface area contributed by atoms with E-state index in [1.54, 1.807) is 29.2 Å². The van der Waals surface area contributed by atoms with E-state index in [4.69, 9.17) is 0 Å². The molecule has 0 aromatic heterocycles. The third-order valence-corrected chi connectivity index (χ3v) is 8.14. The van der Waals surface area contributed by atoms with Crippen LogP contribution in [-0.4, -0.2) is 61.6 Å². The Balaban J connectivity index is 1.35. The molecule has 2 heterocycles. The van der Waals surface area contributed by atoms with Crippen LogP contribution in [0.4, 0.5) is 0 Å². The maximum absolute atomic E-state index is 12.5. The first-order chi connectivity index (χ1) is 12.5. The molecule has 3 aliphatic rings. The predicted molar refractivity (Wildman–Crippen MR) is 101 cm³/mol. The minimum absolute atomic E-state index is 0.00182. The van der Waals surface area contributed by atoms with Crippen LogP contribution in [0, 0.1) is 5.92 Å². The van der Waals surface area contributed by atoms with Crippen LogP contribution < -0.4 is 0 Å². The summed E-state index contributed by atoms with van der Waals surface area (Å²) in [6, 6.07) is 9.74. The molecule has 142 valence electrons. The molecule has 1 amide bonds. The monoisotopic (exact) mass is 376 g/mol. The number of sulfone groups is 1. The lowest BCUT2D eigenvalue weighted by atomic mass is 10.0. The quantitative estimate of drug-likeness (QED) is 0.791. The Morgan fingerprint density at radius 1 is 1.00 bits per heavy atom. The van der Waals surface area contributed by atoms with Crippen molar-refractivity contribution in [3.63, 3.8) is 0 Å². The van der Waals surface area contributed by atoms with Crippen molar-refractivity contribution >= 4 is 15.7 Å². The van der Waals surface area contributed by atoms with E-state index in [0.29, 0.717) is 30.4 Å². The fourth-order valence-electron chi connectivity index (χ4n) is 4.98. The first-order valence-electron chi connectivity index (χ1n) is 9.84. The Kier molecular flexibility index (Phi) is 5.06. The average molecular weight is 377 g/mol. The third kappa shape index (κ3) is 3.67. The molecule has 2 aliphatic heterocycles. The van der Waals surface area contributed by atoms with Gasteiger partial charge in [-0.25, -0.2) is 8.42 Å². The second-order valence-corrected chi connectivity index (χ2v) is 10.1. The van der Waals surface area contributed by atoms with Crippen molar-refractivity contribution in [2.75, 3.05) is 25.4 Å². The molecule has 3 fully saturated rings. The van der Waals surface area contributed by atoms with Crippen LogP contribution in [0.5, 0.6) is 0 Å². The Bertz CT molecular complexity index is 750. The van der Waals surface area contributed by atoms with Gasteiger partial charge in [0.05, 0.1) is 10.6 Å². The van der Waals surface area contributed by atoms with Crippen LogP contribution in [0.3, 0.4) is 0 Å². The van der Waals surface area contributed by atoms with Crippen molar-refractivity contribution in [3.05, 3.63) is 30.3 Å². The summed E-state index contributed by atoms with van der Waals surface area (Å²) in [7, 11) is -3.34. The molecule has 3 unspecified atom stereocenters. The number of fused-ring (bicyclic) bond motifs is 2. The molecule has 3 atom stereocenters. The number of likely N-dealkylation sites (tertiary alicyclic amines) is 2. The summed E-state index contributed by atoms with van der Waals surface area (Å²) < 4.78 is 25.0. The maximum Gasteiger partial charge on any atom is 0.222 e. The van der Waals surface area contributed by atoms with Gasteiger partial charge in [-0.2, -0.15) is 0 Å². The smallest absolute Gasteiger partial charge is 0.222 e. The Hall–Kier alpha value is -1.40. The minimum Gasteiger partial charge on any atom is -0.342 e. The van der Waals surface area contributed by atoms with Crippen molar-refractivity contribution in [1.82, 2.24) is 9.80 Å². The van der Waals surface area contributed by atoms with E-state index in [0.717, 1.165) is 24.8 Å². The molecule has 1 saturated carbocycles. The minimum atomic E-state index is -3.34. The fraction of sp³-hybridized carbons (Fsp3) is 0.650. The summed E-state index contributed by atoms with van der Waals surface area (Å²) in [4.78, 5) is 17.3. The zero-order valence-electron chi connectivity index (χ0n) is 15.2. The van der Waals surface area contributed by atoms with Crippen LogP contribution in [-0.2, 0) is 14.6 Å². The average Bonchev–Trinajstić information content (AvgIpc) is 3.23. The van der Waals surface area contributed by atoms with Crippen molar-refractivity contribution in [1.29, 1.82) is 0 Å². The molecular formula is C20H28N2O3S. The summed E-state index contributed by atoms with van der Waals surface area (Å²) in [5.41, 5.74) is 0. The van der Waals surface area contributed by atoms with Crippen LogP contribution in [0.15, 0.2) is 35.2 Å². The number of benzene rings is 1. The highest BCUT2D eigenvalue weighted by Gasteiger charge is 2.41. The molecule has 4 rings (SSSR count). The maximum atomic E-state index is 12.5. The lowest BCUT2D eigenvalue weighted by Gasteiger charge is -2.34. The fourth-order valence-corrected chi connectivity index (χ4v) is 6.24. The highest BCUT2D eigenvalue weighted by atomic mass is 32.2. The first kappa shape index (κ1) is 18.0. The molecule has 5 nitrogen and oxygen atoms in total. The molecule has 26 heavy (non-hydrogen) atoms. The highest BCUT2D eigenvalue weighted by Crippen LogP contribution is 2.40. The third-order valence-electron chi connectivity index (χ3n) is 6.43. The summed E-state index contributed by atoms with van der Waals surface area (Å²) in [6.45, 7) is 2.18. The van der Waals surface area contributed by atoms with Gasteiger partial charge in [-0.3, -0.25) is 9.69 Å². The van der Waals surface area contributed by atoms with Gasteiger partial charge in [-0.05, 0) is 50.2 Å². The molecule has 6 heteroatoms. The zero-order valence-corrected chi connectivity index (χ0v) is 16.0. The van der Waals surface area contributed by atoms with Gasteiger partial charge in [0.25, 0.3) is 0 Å². The van der Waals surface area contributed by atoms with E-state index < -0.39 is 9.84 Å².